The standard InChI is InChI=1S/C22H26N6O8S2/c1-22(2,20(34)35)36-27-14(12-10-38-21(23)24-12)16(29)25-15(19(32)33)17-26-13(18(30)31)11(9-37-17)8-28-6-4-3-5-7-28/h3-7,10-11,13,15,17,26H,8-9H2,1-2H3,(H5-,23,24,25,29,30,31,32,33,34,35)/p+1/b27-14-/t11-,13-,15+,17-/m1/s1. The number of nitrogen functional groups attached to an aromatic ring is 1. The fraction of sp³-hybridized carbons (Fsp3) is 0.409. The van der Waals surface area contributed by atoms with E-state index in [2.05, 4.69) is 20.8 Å². The van der Waals surface area contributed by atoms with E-state index in [9.17, 15) is 34.5 Å². The van der Waals surface area contributed by atoms with Gasteiger partial charge in [-0.2, -0.15) is 0 Å². The number of hydrogen-bond donors (Lipinski definition) is 6. The van der Waals surface area contributed by atoms with E-state index in [0.29, 0.717) is 12.3 Å². The zero-order valence-electron chi connectivity index (χ0n) is 20.3. The van der Waals surface area contributed by atoms with E-state index in [1.807, 2.05) is 22.8 Å². The Morgan fingerprint density at radius 1 is 1.26 bits per heavy atom. The summed E-state index contributed by atoms with van der Waals surface area (Å²) in [7, 11) is 0. The van der Waals surface area contributed by atoms with Crippen LogP contribution in [0.5, 0.6) is 0 Å². The van der Waals surface area contributed by atoms with Crippen LogP contribution in [0, 0.1) is 5.92 Å². The molecular formula is C22H27N6O8S2+. The van der Waals surface area contributed by atoms with Crippen LogP contribution < -0.4 is 20.9 Å². The predicted octanol–water partition coefficient (Wildman–Crippen LogP) is -0.402. The van der Waals surface area contributed by atoms with Gasteiger partial charge in [0.05, 0.1) is 11.3 Å². The van der Waals surface area contributed by atoms with Crippen LogP contribution in [0.15, 0.2) is 41.1 Å². The fourth-order valence-corrected chi connectivity index (χ4v) is 5.33. The minimum atomic E-state index is -1.81. The Morgan fingerprint density at radius 3 is 2.50 bits per heavy atom. The van der Waals surface area contributed by atoms with Crippen LogP contribution in [0.1, 0.15) is 19.5 Å². The quantitative estimate of drug-likeness (QED) is 0.116. The van der Waals surface area contributed by atoms with Crippen molar-refractivity contribution in [1.82, 2.24) is 15.6 Å². The van der Waals surface area contributed by atoms with Gasteiger partial charge in [-0.25, -0.2) is 19.1 Å². The second-order valence-corrected chi connectivity index (χ2v) is 10.8. The summed E-state index contributed by atoms with van der Waals surface area (Å²) in [5, 5.41) is 38.3. The van der Waals surface area contributed by atoms with E-state index in [1.165, 1.54) is 19.2 Å². The van der Waals surface area contributed by atoms with Crippen molar-refractivity contribution >= 4 is 57.8 Å². The van der Waals surface area contributed by atoms with Gasteiger partial charge in [-0.3, -0.25) is 14.9 Å². The highest BCUT2D eigenvalue weighted by atomic mass is 32.2. The maximum absolute atomic E-state index is 13.2. The van der Waals surface area contributed by atoms with E-state index in [4.69, 9.17) is 10.6 Å². The van der Waals surface area contributed by atoms with E-state index < -0.39 is 52.6 Å². The molecule has 1 amide bonds. The van der Waals surface area contributed by atoms with Crippen LogP contribution in [0.4, 0.5) is 5.13 Å². The molecule has 38 heavy (non-hydrogen) atoms. The average molecular weight is 568 g/mol. The summed E-state index contributed by atoms with van der Waals surface area (Å²) in [6.07, 6.45) is 3.60. The number of carboxylic acid groups (broad SMARTS) is 3. The summed E-state index contributed by atoms with van der Waals surface area (Å²) in [4.78, 5) is 57.7. The van der Waals surface area contributed by atoms with Crippen molar-refractivity contribution in [3.05, 3.63) is 41.7 Å². The van der Waals surface area contributed by atoms with E-state index >= 15 is 0 Å². The minimum Gasteiger partial charge on any atom is -0.480 e. The SMILES string of the molecule is CC(C)(O/N=C(\C(=O)N[C@H](C(=O)O)[C@@H]1N[C@@H](C(=O)O)[C@H](C[n+]2ccccc2)CS1)c1csc(N)n1)C(=O)O. The molecule has 0 aliphatic carbocycles. The third-order valence-electron chi connectivity index (χ3n) is 5.51. The van der Waals surface area contributed by atoms with Crippen molar-refractivity contribution in [1.29, 1.82) is 0 Å². The van der Waals surface area contributed by atoms with Crippen molar-refractivity contribution < 1.29 is 43.9 Å². The summed E-state index contributed by atoms with van der Waals surface area (Å²) in [5.74, 6) is -5.03. The molecule has 0 unspecified atom stereocenters. The molecule has 0 bridgehead atoms. The molecule has 0 aromatic carbocycles. The number of carbonyl (C=O) groups is 4. The van der Waals surface area contributed by atoms with E-state index in [0.717, 1.165) is 23.1 Å². The van der Waals surface area contributed by atoms with Crippen LogP contribution in [0.3, 0.4) is 0 Å². The first-order valence-corrected chi connectivity index (χ1v) is 13.1. The number of oxime groups is 1. The second kappa shape index (κ2) is 12.2. The number of nitrogens with two attached hydrogens (primary N) is 1. The Morgan fingerprint density at radius 2 is 1.95 bits per heavy atom. The molecule has 2 aromatic rings. The van der Waals surface area contributed by atoms with Crippen LogP contribution >= 0.6 is 23.1 Å². The second-order valence-electron chi connectivity index (χ2n) is 8.78. The summed E-state index contributed by atoms with van der Waals surface area (Å²) in [6, 6.07) is 2.80. The molecular weight excluding hydrogens is 540 g/mol. The zero-order valence-corrected chi connectivity index (χ0v) is 21.9. The topological polar surface area (TPSA) is 217 Å². The summed E-state index contributed by atoms with van der Waals surface area (Å²) in [5.41, 5.74) is 3.30. The number of carboxylic acids is 3. The van der Waals surface area contributed by atoms with Gasteiger partial charge in [0.15, 0.2) is 35.8 Å². The first kappa shape index (κ1) is 28.8. The predicted molar refractivity (Wildman–Crippen MR) is 136 cm³/mol. The largest absolute Gasteiger partial charge is 0.480 e. The number of rotatable bonds is 11. The van der Waals surface area contributed by atoms with Crippen LogP contribution in [-0.2, 0) is 30.6 Å². The highest BCUT2D eigenvalue weighted by Gasteiger charge is 2.43. The Kier molecular flexibility index (Phi) is 9.24. The number of aromatic nitrogens is 2. The monoisotopic (exact) mass is 567 g/mol. The molecule has 3 heterocycles. The smallest absolute Gasteiger partial charge is 0.350 e. The number of thioether (sulfide) groups is 1. The molecule has 0 saturated carbocycles. The summed E-state index contributed by atoms with van der Waals surface area (Å²) >= 11 is 2.14. The molecule has 3 rings (SSSR count). The number of anilines is 1. The molecule has 1 fully saturated rings. The molecule has 1 aliphatic rings. The van der Waals surface area contributed by atoms with Crippen LogP contribution in [-0.4, -0.2) is 78.6 Å². The Balaban J connectivity index is 1.81. The first-order valence-electron chi connectivity index (χ1n) is 11.2. The normalized spacial score (nSPS) is 20.8. The van der Waals surface area contributed by atoms with Gasteiger partial charge in [0.2, 0.25) is 5.60 Å². The average Bonchev–Trinajstić information content (AvgIpc) is 3.29. The third-order valence-corrected chi connectivity index (χ3v) is 7.57. The van der Waals surface area contributed by atoms with Gasteiger partial charge >= 0.3 is 17.9 Å². The summed E-state index contributed by atoms with van der Waals surface area (Å²) in [6.45, 7) is 2.80. The van der Waals surface area contributed by atoms with E-state index in [-0.39, 0.29) is 16.7 Å². The molecule has 4 atom stereocenters. The maximum Gasteiger partial charge on any atom is 0.350 e. The summed E-state index contributed by atoms with van der Waals surface area (Å²) < 4.78 is 1.83. The van der Waals surface area contributed by atoms with Gasteiger partial charge in [0.1, 0.15) is 11.7 Å². The molecule has 2 aromatic heterocycles. The Bertz CT molecular complexity index is 1220. The number of amides is 1. The van der Waals surface area contributed by atoms with Gasteiger partial charge in [-0.1, -0.05) is 11.2 Å². The minimum absolute atomic E-state index is 0.0528. The van der Waals surface area contributed by atoms with Gasteiger partial charge < -0.3 is 31.2 Å². The number of nitrogens with zero attached hydrogens (tertiary/aromatic N) is 3. The third kappa shape index (κ3) is 7.17. The molecule has 204 valence electrons. The highest BCUT2D eigenvalue weighted by Crippen LogP contribution is 2.26. The molecule has 0 radical (unpaired) electrons. The number of nitrogens with one attached hydrogen (secondary N) is 2. The number of thiazole rings is 1. The van der Waals surface area contributed by atoms with Gasteiger partial charge in [-0.05, 0) is 13.8 Å². The van der Waals surface area contributed by atoms with Crippen molar-refractivity contribution in [2.75, 3.05) is 11.5 Å². The van der Waals surface area contributed by atoms with Crippen LogP contribution in [0.2, 0.25) is 0 Å². The van der Waals surface area contributed by atoms with Gasteiger partial charge in [0, 0.05) is 23.3 Å². The zero-order chi connectivity index (χ0) is 28.0. The molecule has 7 N–H and O–H groups in total. The van der Waals surface area contributed by atoms with Crippen molar-refractivity contribution in [2.45, 2.75) is 43.5 Å². The van der Waals surface area contributed by atoms with Gasteiger partial charge in [-0.15, -0.1) is 23.1 Å². The molecule has 16 heteroatoms. The van der Waals surface area contributed by atoms with Crippen LogP contribution in [0.25, 0.3) is 0 Å². The lowest BCUT2D eigenvalue weighted by Gasteiger charge is -2.36. The fourth-order valence-electron chi connectivity index (χ4n) is 3.41. The number of carbonyl (C=O) groups excluding carboxylic acids is 1. The Hall–Kier alpha value is -3.76. The van der Waals surface area contributed by atoms with Gasteiger partial charge in [0.25, 0.3) is 5.91 Å². The lowest BCUT2D eigenvalue weighted by atomic mass is 10.0. The molecule has 14 nitrogen and oxygen atoms in total. The van der Waals surface area contributed by atoms with E-state index in [1.54, 1.807) is 12.4 Å². The number of pyridine rings is 1. The van der Waals surface area contributed by atoms with Crippen molar-refractivity contribution in [3.8, 4) is 0 Å². The lowest BCUT2D eigenvalue weighted by molar-refractivity contribution is -0.702. The van der Waals surface area contributed by atoms with Crippen molar-refractivity contribution in [3.63, 3.8) is 0 Å². The Labute approximate surface area is 224 Å². The number of aliphatic carboxylic acids is 3. The van der Waals surface area contributed by atoms with Crippen molar-refractivity contribution in [2.24, 2.45) is 11.1 Å². The lowest BCUT2D eigenvalue weighted by Crippen LogP contribution is -2.62. The highest BCUT2D eigenvalue weighted by molar-refractivity contribution is 8.00. The first-order chi connectivity index (χ1) is 17.9. The molecule has 1 saturated heterocycles. The molecule has 1 aliphatic heterocycles. The number of hydrogen-bond acceptors (Lipinski definition) is 11. The maximum atomic E-state index is 13.2. The molecule has 0 spiro atoms.